The van der Waals surface area contributed by atoms with Crippen molar-refractivity contribution in [1.29, 1.82) is 0 Å². The highest BCUT2D eigenvalue weighted by molar-refractivity contribution is 14.0. The minimum atomic E-state index is 0. The summed E-state index contributed by atoms with van der Waals surface area (Å²) in [7, 11) is 1.67. The third kappa shape index (κ3) is 9.03. The summed E-state index contributed by atoms with van der Waals surface area (Å²) in [4.78, 5) is 9.28. The first kappa shape index (κ1) is 26.5. The summed E-state index contributed by atoms with van der Waals surface area (Å²) >= 11 is 0. The molecule has 3 rings (SSSR count). The van der Waals surface area contributed by atoms with Gasteiger partial charge in [-0.3, -0.25) is 4.99 Å². The topological polar surface area (TPSA) is 85.6 Å². The number of halogens is 1. The van der Waals surface area contributed by atoms with Crippen LogP contribution in [0.1, 0.15) is 43.4 Å². The molecule has 0 spiro atoms. The second-order valence-electron chi connectivity index (χ2n) is 7.76. The van der Waals surface area contributed by atoms with Crippen molar-refractivity contribution in [1.82, 2.24) is 25.4 Å². The number of fused-ring (bicyclic) bond motifs is 1. The van der Waals surface area contributed by atoms with E-state index in [1.165, 1.54) is 5.56 Å². The van der Waals surface area contributed by atoms with Crippen molar-refractivity contribution in [2.45, 2.75) is 58.2 Å². The van der Waals surface area contributed by atoms with E-state index in [1.54, 1.807) is 7.11 Å². The molecule has 0 saturated carbocycles. The first-order valence-electron chi connectivity index (χ1n) is 11.4. The molecule has 0 saturated heterocycles. The van der Waals surface area contributed by atoms with E-state index in [0.717, 1.165) is 82.6 Å². The predicted molar refractivity (Wildman–Crippen MR) is 138 cm³/mol. The maximum Gasteiger partial charge on any atom is 0.191 e. The first-order valence-corrected chi connectivity index (χ1v) is 11.4. The smallest absolute Gasteiger partial charge is 0.191 e. The standard InChI is InChI=1S/C23H36N6O2.HI/c1-3-24-23(25-14-7-8-15-31-16-13-19-9-5-4-6-10-19)26-20-11-12-22-27-21(18-30-2)28-29(22)17-20;/h4-6,9-10,20H,3,7-8,11-18H2,1-2H3,(H2,24,25,26);1H. The van der Waals surface area contributed by atoms with E-state index in [9.17, 15) is 0 Å². The predicted octanol–water partition coefficient (Wildman–Crippen LogP) is 2.95. The molecule has 32 heavy (non-hydrogen) atoms. The van der Waals surface area contributed by atoms with Crippen LogP contribution in [0.4, 0.5) is 0 Å². The summed E-state index contributed by atoms with van der Waals surface area (Å²) in [6.45, 7) is 6.53. The van der Waals surface area contributed by atoms with Crippen molar-refractivity contribution < 1.29 is 9.47 Å². The molecule has 0 amide bonds. The van der Waals surface area contributed by atoms with Crippen molar-refractivity contribution >= 4 is 29.9 Å². The molecule has 1 atom stereocenters. The molecule has 1 aliphatic rings. The molecule has 1 aliphatic heterocycles. The molecular formula is C23H37IN6O2. The van der Waals surface area contributed by atoms with Gasteiger partial charge in [0.25, 0.3) is 0 Å². The van der Waals surface area contributed by atoms with Gasteiger partial charge in [-0.15, -0.1) is 24.0 Å². The van der Waals surface area contributed by atoms with Gasteiger partial charge in [0, 0.05) is 39.3 Å². The van der Waals surface area contributed by atoms with Crippen LogP contribution in [0, 0.1) is 0 Å². The minimum absolute atomic E-state index is 0. The molecule has 1 unspecified atom stereocenters. The number of rotatable bonds is 12. The van der Waals surface area contributed by atoms with Gasteiger partial charge in [0.15, 0.2) is 11.8 Å². The van der Waals surface area contributed by atoms with Crippen LogP contribution in [-0.4, -0.2) is 60.2 Å². The van der Waals surface area contributed by atoms with Crippen molar-refractivity contribution in [3.8, 4) is 0 Å². The molecule has 178 valence electrons. The highest BCUT2D eigenvalue weighted by Crippen LogP contribution is 2.13. The Bertz CT molecular complexity index is 799. The monoisotopic (exact) mass is 556 g/mol. The Morgan fingerprint density at radius 2 is 2.06 bits per heavy atom. The second-order valence-corrected chi connectivity index (χ2v) is 7.76. The van der Waals surface area contributed by atoms with Crippen LogP contribution in [0.2, 0.25) is 0 Å². The Morgan fingerprint density at radius 1 is 1.22 bits per heavy atom. The van der Waals surface area contributed by atoms with E-state index in [1.807, 2.05) is 10.7 Å². The van der Waals surface area contributed by atoms with E-state index >= 15 is 0 Å². The van der Waals surface area contributed by atoms with Gasteiger partial charge in [0.05, 0.1) is 13.2 Å². The second kappa shape index (κ2) is 15.2. The molecule has 8 nitrogen and oxygen atoms in total. The number of hydrogen-bond acceptors (Lipinski definition) is 5. The zero-order valence-corrected chi connectivity index (χ0v) is 21.6. The molecule has 0 aliphatic carbocycles. The highest BCUT2D eigenvalue weighted by Gasteiger charge is 2.22. The molecule has 0 fully saturated rings. The minimum Gasteiger partial charge on any atom is -0.381 e. The Morgan fingerprint density at radius 3 is 2.84 bits per heavy atom. The van der Waals surface area contributed by atoms with Gasteiger partial charge in [-0.2, -0.15) is 5.10 Å². The van der Waals surface area contributed by atoms with Gasteiger partial charge in [-0.1, -0.05) is 30.3 Å². The van der Waals surface area contributed by atoms with E-state index in [0.29, 0.717) is 12.6 Å². The number of nitrogens with zero attached hydrogens (tertiary/aromatic N) is 4. The lowest BCUT2D eigenvalue weighted by atomic mass is 10.1. The number of nitrogens with one attached hydrogen (secondary N) is 2. The number of aromatic nitrogens is 3. The summed E-state index contributed by atoms with van der Waals surface area (Å²) in [6.07, 6.45) is 4.93. The van der Waals surface area contributed by atoms with E-state index in [2.05, 4.69) is 51.9 Å². The van der Waals surface area contributed by atoms with Crippen molar-refractivity contribution in [3.05, 3.63) is 47.5 Å². The molecule has 0 bridgehead atoms. The van der Waals surface area contributed by atoms with E-state index in [4.69, 9.17) is 14.5 Å². The molecule has 2 heterocycles. The fourth-order valence-corrected chi connectivity index (χ4v) is 3.63. The van der Waals surface area contributed by atoms with E-state index in [-0.39, 0.29) is 24.0 Å². The number of hydrogen-bond donors (Lipinski definition) is 2. The van der Waals surface area contributed by atoms with Crippen LogP contribution in [-0.2, 0) is 35.5 Å². The summed E-state index contributed by atoms with van der Waals surface area (Å²) in [5.74, 6) is 2.67. The number of guanidine groups is 1. The lowest BCUT2D eigenvalue weighted by Gasteiger charge is -2.25. The lowest BCUT2D eigenvalue weighted by Crippen LogP contribution is -2.47. The Kier molecular flexibility index (Phi) is 12.6. The largest absolute Gasteiger partial charge is 0.381 e. The first-order chi connectivity index (χ1) is 15.3. The van der Waals surface area contributed by atoms with Gasteiger partial charge >= 0.3 is 0 Å². The van der Waals surface area contributed by atoms with Gasteiger partial charge in [-0.25, -0.2) is 9.67 Å². The fourth-order valence-electron chi connectivity index (χ4n) is 3.63. The normalized spacial score (nSPS) is 15.7. The number of aryl methyl sites for hydroxylation is 1. The van der Waals surface area contributed by atoms with Crippen LogP contribution in [0.15, 0.2) is 35.3 Å². The average Bonchev–Trinajstić information content (AvgIpc) is 3.18. The van der Waals surface area contributed by atoms with Gasteiger partial charge in [0.1, 0.15) is 12.4 Å². The maximum absolute atomic E-state index is 5.76. The highest BCUT2D eigenvalue weighted by atomic mass is 127. The van der Waals surface area contributed by atoms with Gasteiger partial charge in [0.2, 0.25) is 0 Å². The van der Waals surface area contributed by atoms with Crippen LogP contribution in [0.3, 0.4) is 0 Å². The van der Waals surface area contributed by atoms with Crippen LogP contribution in [0.25, 0.3) is 0 Å². The zero-order valence-electron chi connectivity index (χ0n) is 19.3. The number of ether oxygens (including phenoxy) is 2. The average molecular weight is 556 g/mol. The summed E-state index contributed by atoms with van der Waals surface area (Å²) in [5, 5.41) is 11.4. The number of methoxy groups -OCH3 is 1. The van der Waals surface area contributed by atoms with Crippen LogP contribution in [0.5, 0.6) is 0 Å². The van der Waals surface area contributed by atoms with Gasteiger partial charge < -0.3 is 20.1 Å². The molecule has 2 aromatic rings. The number of aliphatic imine (C=N–C) groups is 1. The van der Waals surface area contributed by atoms with Crippen molar-refractivity contribution in [2.24, 2.45) is 4.99 Å². The Labute approximate surface area is 208 Å². The van der Waals surface area contributed by atoms with E-state index < -0.39 is 0 Å². The lowest BCUT2D eigenvalue weighted by molar-refractivity contribution is 0.134. The fraction of sp³-hybridized carbons (Fsp3) is 0.609. The molecular weight excluding hydrogens is 519 g/mol. The van der Waals surface area contributed by atoms with Gasteiger partial charge in [-0.05, 0) is 38.2 Å². The van der Waals surface area contributed by atoms with Crippen LogP contribution >= 0.6 is 24.0 Å². The maximum atomic E-state index is 5.76. The molecule has 9 heteroatoms. The Hall–Kier alpha value is -1.72. The summed E-state index contributed by atoms with van der Waals surface area (Å²) < 4.78 is 12.9. The number of unbranched alkanes of at least 4 members (excludes halogenated alkanes) is 1. The summed E-state index contributed by atoms with van der Waals surface area (Å²) in [6, 6.07) is 10.8. The SMILES string of the molecule is CCNC(=NCCCCOCCc1ccccc1)NC1CCc2nc(COC)nn2C1.I. The molecule has 1 aromatic heterocycles. The van der Waals surface area contributed by atoms with Crippen molar-refractivity contribution in [3.63, 3.8) is 0 Å². The third-order valence-corrected chi connectivity index (χ3v) is 5.21. The van der Waals surface area contributed by atoms with Crippen LogP contribution < -0.4 is 10.6 Å². The summed E-state index contributed by atoms with van der Waals surface area (Å²) in [5.41, 5.74) is 1.32. The number of benzene rings is 1. The zero-order chi connectivity index (χ0) is 21.7. The van der Waals surface area contributed by atoms with Crippen molar-refractivity contribution in [2.75, 3.05) is 33.4 Å². The molecule has 1 aromatic carbocycles. The molecule has 0 radical (unpaired) electrons. The molecule has 2 N–H and O–H groups in total. The third-order valence-electron chi connectivity index (χ3n) is 5.21. The Balaban J connectivity index is 0.00000363. The quantitative estimate of drug-likeness (QED) is 0.181.